The molecular formula is C39H44N6O12S. The maximum Gasteiger partial charge on any atom is 0.408 e. The quantitative estimate of drug-likeness (QED) is 0.0511. The number of amides is 3. The molecule has 4 rings (SSSR count). The molecule has 9 N–H and O–H groups in total. The van der Waals surface area contributed by atoms with E-state index in [0.29, 0.717) is 16.8 Å². The number of hydrogen-bond donors (Lipinski definition) is 9. The Hall–Kier alpha value is -6.57. The topological polar surface area (TPSA) is 286 Å². The van der Waals surface area contributed by atoms with Crippen LogP contribution in [0.25, 0.3) is 0 Å². The van der Waals surface area contributed by atoms with Crippen LogP contribution in [0.3, 0.4) is 0 Å². The van der Waals surface area contributed by atoms with Crippen LogP contribution in [0, 0.1) is 0 Å². The van der Waals surface area contributed by atoms with Crippen molar-refractivity contribution in [2.45, 2.75) is 74.0 Å². The molecule has 0 fully saturated rings. The van der Waals surface area contributed by atoms with Crippen LogP contribution < -0.4 is 21.3 Å². The van der Waals surface area contributed by atoms with Crippen molar-refractivity contribution < 1.29 is 57.6 Å². The Morgan fingerprint density at radius 1 is 0.793 bits per heavy atom. The number of aliphatic hydroxyl groups is 1. The molecule has 4 aromatic rings. The van der Waals surface area contributed by atoms with Gasteiger partial charge in [-0.15, -0.1) is 0 Å². The highest BCUT2D eigenvalue weighted by Crippen LogP contribution is 2.15. The van der Waals surface area contributed by atoms with Crippen LogP contribution in [0.2, 0.25) is 0 Å². The summed E-state index contributed by atoms with van der Waals surface area (Å²) >= 11 is 0. The summed E-state index contributed by atoms with van der Waals surface area (Å²) in [4.78, 5) is 70.7. The summed E-state index contributed by atoms with van der Waals surface area (Å²) in [5, 5.41) is 51.1. The van der Waals surface area contributed by atoms with Gasteiger partial charge in [-0.1, -0.05) is 66.7 Å². The summed E-state index contributed by atoms with van der Waals surface area (Å²) in [5.74, 6) is -4.53. The average molecular weight is 821 g/mol. The Kier molecular flexibility index (Phi) is 16.5. The molecule has 0 spiro atoms. The minimum Gasteiger partial charge on any atom is -0.508 e. The number of sulfone groups is 1. The van der Waals surface area contributed by atoms with E-state index in [1.165, 1.54) is 61.1 Å². The van der Waals surface area contributed by atoms with E-state index in [1.54, 1.807) is 36.4 Å². The first kappa shape index (κ1) is 44.1. The maximum absolute atomic E-state index is 13.9. The highest BCUT2D eigenvalue weighted by molar-refractivity contribution is 7.94. The van der Waals surface area contributed by atoms with E-state index in [9.17, 15) is 52.8 Å². The number of benzene rings is 3. The smallest absolute Gasteiger partial charge is 0.408 e. The van der Waals surface area contributed by atoms with Gasteiger partial charge in [0.05, 0.1) is 23.7 Å². The number of rotatable bonds is 22. The van der Waals surface area contributed by atoms with Gasteiger partial charge >= 0.3 is 18.0 Å². The van der Waals surface area contributed by atoms with Gasteiger partial charge in [-0.2, -0.15) is 0 Å². The van der Waals surface area contributed by atoms with Crippen molar-refractivity contribution in [3.8, 4) is 5.75 Å². The van der Waals surface area contributed by atoms with Crippen LogP contribution in [-0.2, 0) is 53.2 Å². The van der Waals surface area contributed by atoms with Crippen molar-refractivity contribution >= 4 is 39.7 Å². The number of hydrogen-bond acceptors (Lipinski definition) is 12. The number of aromatic amines is 1. The van der Waals surface area contributed by atoms with Gasteiger partial charge in [0, 0.05) is 42.6 Å². The van der Waals surface area contributed by atoms with Gasteiger partial charge in [-0.25, -0.2) is 18.2 Å². The van der Waals surface area contributed by atoms with E-state index in [0.717, 1.165) is 11.5 Å². The predicted molar refractivity (Wildman–Crippen MR) is 206 cm³/mol. The van der Waals surface area contributed by atoms with Crippen LogP contribution in [0.1, 0.15) is 36.1 Å². The number of carbonyl (C=O) groups is 5. The van der Waals surface area contributed by atoms with Gasteiger partial charge in [0.1, 0.15) is 30.7 Å². The SMILES string of the molecule is O=C(O)CC[C@H](NC(=O)[C@H](Cc1ccc(O)cc1)NC(=O)OCc1ccccc1)C(=O)N[C@@H](Cc1cnc[nH]1)C(O)N[C@H](/C=C/S(=O)(=O)c1ccccc1)CC(=O)O. The fraction of sp³-hybridized carbons (Fsp3) is 0.282. The Morgan fingerprint density at radius 2 is 1.45 bits per heavy atom. The third kappa shape index (κ3) is 14.8. The monoisotopic (exact) mass is 820 g/mol. The van der Waals surface area contributed by atoms with Crippen LogP contribution in [0.5, 0.6) is 5.75 Å². The number of imidazole rings is 1. The van der Waals surface area contributed by atoms with E-state index < -0.39 is 89.3 Å². The molecule has 0 saturated heterocycles. The lowest BCUT2D eigenvalue weighted by molar-refractivity contribution is -0.139. The number of nitrogens with one attached hydrogen (secondary N) is 5. The predicted octanol–water partition coefficient (Wildman–Crippen LogP) is 1.77. The molecule has 0 aliphatic carbocycles. The van der Waals surface area contributed by atoms with Gasteiger partial charge < -0.3 is 46.1 Å². The number of phenolic OH excluding ortho intramolecular Hbond substituents is 1. The number of ether oxygens (including phenoxy) is 1. The molecule has 19 heteroatoms. The zero-order valence-corrected chi connectivity index (χ0v) is 31.7. The average Bonchev–Trinajstić information content (AvgIpc) is 3.71. The molecule has 308 valence electrons. The number of aromatic nitrogens is 2. The van der Waals surface area contributed by atoms with Crippen LogP contribution in [0.15, 0.2) is 114 Å². The van der Waals surface area contributed by atoms with Gasteiger partial charge in [0.25, 0.3) is 0 Å². The Morgan fingerprint density at radius 3 is 2.07 bits per heavy atom. The summed E-state index contributed by atoms with van der Waals surface area (Å²) in [6, 6.07) is 16.4. The number of nitrogens with zero attached hydrogens (tertiary/aromatic N) is 1. The normalized spacial score (nSPS) is 14.0. The van der Waals surface area contributed by atoms with Crippen molar-refractivity contribution in [1.82, 2.24) is 31.2 Å². The van der Waals surface area contributed by atoms with E-state index >= 15 is 0 Å². The molecule has 1 aromatic heterocycles. The molecule has 0 bridgehead atoms. The molecule has 1 heterocycles. The van der Waals surface area contributed by atoms with Crippen molar-refractivity contribution in [2.24, 2.45) is 0 Å². The second kappa shape index (κ2) is 21.7. The highest BCUT2D eigenvalue weighted by Gasteiger charge is 2.32. The summed E-state index contributed by atoms with van der Waals surface area (Å²) < 4.78 is 31.0. The number of carbonyl (C=O) groups excluding carboxylic acids is 3. The Labute approximate surface area is 333 Å². The highest BCUT2D eigenvalue weighted by atomic mass is 32.2. The van der Waals surface area contributed by atoms with Crippen LogP contribution in [-0.4, -0.2) is 99.1 Å². The molecule has 3 amide bonds. The number of H-pyrrole nitrogens is 1. The first-order chi connectivity index (χ1) is 27.7. The summed E-state index contributed by atoms with van der Waals surface area (Å²) in [5.41, 5.74) is 1.58. The minimum atomic E-state index is -4.01. The lowest BCUT2D eigenvalue weighted by Gasteiger charge is -2.29. The summed E-state index contributed by atoms with van der Waals surface area (Å²) in [7, 11) is -4.01. The van der Waals surface area contributed by atoms with Crippen LogP contribution in [0.4, 0.5) is 4.79 Å². The molecule has 0 radical (unpaired) electrons. The fourth-order valence-electron chi connectivity index (χ4n) is 5.54. The molecule has 0 aliphatic heterocycles. The van der Waals surface area contributed by atoms with Crippen molar-refractivity contribution in [3.63, 3.8) is 0 Å². The number of alkyl carbamates (subject to hydrolysis) is 1. The fourth-order valence-corrected chi connectivity index (χ4v) is 6.63. The molecular weight excluding hydrogens is 777 g/mol. The van der Waals surface area contributed by atoms with Gasteiger partial charge in [0.15, 0.2) is 9.84 Å². The first-order valence-electron chi connectivity index (χ1n) is 17.9. The first-order valence-corrected chi connectivity index (χ1v) is 19.4. The number of aliphatic carboxylic acids is 2. The van der Waals surface area contributed by atoms with E-state index in [4.69, 9.17) is 4.74 Å². The second-order valence-corrected chi connectivity index (χ2v) is 14.9. The zero-order valence-electron chi connectivity index (χ0n) is 30.9. The lowest BCUT2D eigenvalue weighted by Crippen LogP contribution is -2.59. The number of carboxylic acid groups (broad SMARTS) is 2. The molecule has 58 heavy (non-hydrogen) atoms. The minimum absolute atomic E-state index is 0.0470. The Bertz CT molecular complexity index is 2100. The van der Waals surface area contributed by atoms with E-state index in [-0.39, 0.29) is 30.1 Å². The summed E-state index contributed by atoms with van der Waals surface area (Å²) in [6.45, 7) is -0.121. The number of carboxylic acids is 2. The van der Waals surface area contributed by atoms with Gasteiger partial charge in [0.2, 0.25) is 11.8 Å². The largest absolute Gasteiger partial charge is 0.508 e. The van der Waals surface area contributed by atoms with Gasteiger partial charge in [-0.3, -0.25) is 24.5 Å². The van der Waals surface area contributed by atoms with Crippen LogP contribution >= 0.6 is 0 Å². The Balaban J connectivity index is 1.55. The number of aromatic hydroxyl groups is 1. The lowest BCUT2D eigenvalue weighted by atomic mass is 10.0. The molecule has 18 nitrogen and oxygen atoms in total. The molecule has 1 unspecified atom stereocenters. The standard InChI is InChI=1S/C39H44N6O12S/c46-29-13-11-25(12-14-29)19-32(45-39(54)57-23-26-7-3-1-4-8-26)38(53)43-31(15-16-34(47)48)36(51)44-33(20-28-22-40-24-41-28)37(52)42-27(21-35(49)50)17-18-58(55,56)30-9-5-2-6-10-30/h1-14,17-18,22,24,27,31-33,37,42,46,52H,15-16,19-21,23H2,(H,40,41)(H,43,53)(H,44,51)(H,45,54)(H,47,48)(H,49,50)/b18-17+/t27-,31+,32+,33+,37?/m1/s1. The number of aliphatic hydroxyl groups excluding tert-OH is 1. The number of phenols is 1. The van der Waals surface area contributed by atoms with Crippen molar-refractivity contribution in [2.75, 3.05) is 0 Å². The van der Waals surface area contributed by atoms with E-state index in [2.05, 4.69) is 31.2 Å². The molecule has 0 aliphatic rings. The molecule has 3 aromatic carbocycles. The maximum atomic E-state index is 13.9. The molecule has 5 atom stereocenters. The van der Waals surface area contributed by atoms with Gasteiger partial charge in [-0.05, 0) is 41.8 Å². The van der Waals surface area contributed by atoms with Crippen molar-refractivity contribution in [3.05, 3.63) is 126 Å². The van der Waals surface area contributed by atoms with E-state index in [1.807, 2.05) is 0 Å². The van der Waals surface area contributed by atoms with Crippen molar-refractivity contribution in [1.29, 1.82) is 0 Å². The zero-order chi connectivity index (χ0) is 42.1. The third-order valence-corrected chi connectivity index (χ3v) is 9.97. The summed E-state index contributed by atoms with van der Waals surface area (Å²) in [6.07, 6.45) is -0.912. The third-order valence-electron chi connectivity index (χ3n) is 8.52. The second-order valence-electron chi connectivity index (χ2n) is 13.0. The molecule has 0 saturated carbocycles.